The third kappa shape index (κ3) is 1.68. The van der Waals surface area contributed by atoms with E-state index in [1.165, 1.54) is 5.56 Å². The second-order valence-corrected chi connectivity index (χ2v) is 4.54. The largest absolute Gasteiger partial charge is 0.329 e. The lowest BCUT2D eigenvalue weighted by atomic mass is 10.1. The van der Waals surface area contributed by atoms with Crippen molar-refractivity contribution in [3.63, 3.8) is 0 Å². The fourth-order valence-corrected chi connectivity index (χ4v) is 2.53. The maximum absolute atomic E-state index is 11.8. The molecule has 3 nitrogen and oxygen atoms in total. The maximum atomic E-state index is 11.8. The van der Waals surface area contributed by atoms with Crippen LogP contribution in [0.4, 0.5) is 11.4 Å². The van der Waals surface area contributed by atoms with Gasteiger partial charge in [0.2, 0.25) is 0 Å². The number of Topliss-reactive ketones (excluding diaryl/α,β-unsaturated/α-hetero) is 1. The Kier molecular flexibility index (Phi) is 2.59. The molecule has 0 N–H and O–H groups in total. The van der Waals surface area contributed by atoms with Gasteiger partial charge in [0.15, 0.2) is 5.78 Å². The number of fused-ring (bicyclic) bond motifs is 1. The van der Waals surface area contributed by atoms with Crippen LogP contribution in [0.15, 0.2) is 48.8 Å². The Morgan fingerprint density at radius 3 is 2.83 bits per heavy atom. The highest BCUT2D eigenvalue weighted by Gasteiger charge is 2.32. The van der Waals surface area contributed by atoms with Crippen molar-refractivity contribution in [3.8, 4) is 0 Å². The van der Waals surface area contributed by atoms with Crippen LogP contribution in [0.1, 0.15) is 12.5 Å². The molecule has 1 atom stereocenters. The molecule has 0 bridgehead atoms. The molecule has 18 heavy (non-hydrogen) atoms. The van der Waals surface area contributed by atoms with Crippen LogP contribution in [0.2, 0.25) is 0 Å². The average molecular weight is 238 g/mol. The van der Waals surface area contributed by atoms with Gasteiger partial charge in [0.25, 0.3) is 0 Å². The Morgan fingerprint density at radius 2 is 2.11 bits per heavy atom. The van der Waals surface area contributed by atoms with E-state index in [0.29, 0.717) is 0 Å². The summed E-state index contributed by atoms with van der Waals surface area (Å²) < 4.78 is 0. The van der Waals surface area contributed by atoms with Crippen LogP contribution in [-0.4, -0.2) is 16.8 Å². The standard InChI is InChI=1S/C15H14N2O/c1-11(18)15-9-12-5-2-3-7-14(12)17(15)13-6-4-8-16-10-13/h2-8,10,15H,9H2,1H3. The second-order valence-electron chi connectivity index (χ2n) is 4.54. The third-order valence-electron chi connectivity index (χ3n) is 3.37. The van der Waals surface area contributed by atoms with Gasteiger partial charge in [-0.25, -0.2) is 0 Å². The molecule has 0 fully saturated rings. The van der Waals surface area contributed by atoms with E-state index in [4.69, 9.17) is 0 Å². The highest BCUT2D eigenvalue weighted by molar-refractivity contribution is 5.91. The fraction of sp³-hybridized carbons (Fsp3) is 0.200. The normalized spacial score (nSPS) is 17.6. The smallest absolute Gasteiger partial charge is 0.152 e. The van der Waals surface area contributed by atoms with Crippen LogP contribution in [0.5, 0.6) is 0 Å². The molecule has 3 heteroatoms. The number of hydrogen-bond acceptors (Lipinski definition) is 3. The fourth-order valence-electron chi connectivity index (χ4n) is 2.53. The van der Waals surface area contributed by atoms with E-state index in [0.717, 1.165) is 17.8 Å². The summed E-state index contributed by atoms with van der Waals surface area (Å²) in [5, 5.41) is 0. The van der Waals surface area contributed by atoms with Gasteiger partial charge in [-0.3, -0.25) is 9.78 Å². The predicted molar refractivity (Wildman–Crippen MR) is 71.0 cm³/mol. The van der Waals surface area contributed by atoms with E-state index in [1.807, 2.05) is 24.3 Å². The molecule has 3 rings (SSSR count). The first kappa shape index (κ1) is 11.0. The van der Waals surface area contributed by atoms with E-state index < -0.39 is 0 Å². The predicted octanol–water partition coefficient (Wildman–Crippen LogP) is 2.73. The van der Waals surface area contributed by atoms with Crippen LogP contribution >= 0.6 is 0 Å². The molecule has 1 aliphatic heterocycles. The van der Waals surface area contributed by atoms with Crippen molar-refractivity contribution in [2.75, 3.05) is 4.90 Å². The number of benzene rings is 1. The number of rotatable bonds is 2. The van der Waals surface area contributed by atoms with Gasteiger partial charge in [-0.15, -0.1) is 0 Å². The van der Waals surface area contributed by atoms with Gasteiger partial charge in [-0.1, -0.05) is 18.2 Å². The van der Waals surface area contributed by atoms with Gasteiger partial charge in [-0.05, 0) is 30.7 Å². The topological polar surface area (TPSA) is 33.2 Å². The number of hydrogen-bond donors (Lipinski definition) is 0. The molecule has 1 aliphatic rings. The third-order valence-corrected chi connectivity index (χ3v) is 3.37. The van der Waals surface area contributed by atoms with Gasteiger partial charge in [0.05, 0.1) is 17.9 Å². The zero-order valence-electron chi connectivity index (χ0n) is 10.2. The SMILES string of the molecule is CC(=O)C1Cc2ccccc2N1c1cccnc1. The average Bonchev–Trinajstić information content (AvgIpc) is 2.79. The molecule has 0 saturated heterocycles. The molecule has 2 aromatic rings. The molecule has 0 spiro atoms. The van der Waals surface area contributed by atoms with Crippen LogP contribution in [0, 0.1) is 0 Å². The summed E-state index contributed by atoms with van der Waals surface area (Å²) in [5.41, 5.74) is 3.31. The number of para-hydroxylation sites is 1. The molecule has 1 aromatic carbocycles. The first-order valence-corrected chi connectivity index (χ1v) is 6.05. The van der Waals surface area contributed by atoms with E-state index in [1.54, 1.807) is 19.3 Å². The summed E-state index contributed by atoms with van der Waals surface area (Å²) in [7, 11) is 0. The van der Waals surface area contributed by atoms with Gasteiger partial charge >= 0.3 is 0 Å². The van der Waals surface area contributed by atoms with Crippen LogP contribution in [-0.2, 0) is 11.2 Å². The highest BCUT2D eigenvalue weighted by atomic mass is 16.1. The summed E-state index contributed by atoms with van der Waals surface area (Å²) in [4.78, 5) is 18.1. The Hall–Kier alpha value is -2.16. The lowest BCUT2D eigenvalue weighted by molar-refractivity contribution is -0.117. The van der Waals surface area contributed by atoms with Crippen molar-refractivity contribution < 1.29 is 4.79 Å². The van der Waals surface area contributed by atoms with Gasteiger partial charge in [0, 0.05) is 18.3 Å². The first-order valence-electron chi connectivity index (χ1n) is 6.05. The summed E-state index contributed by atoms with van der Waals surface area (Å²) in [6.45, 7) is 1.65. The number of ketones is 1. The summed E-state index contributed by atoms with van der Waals surface area (Å²) in [5.74, 6) is 0.190. The van der Waals surface area contributed by atoms with Gasteiger partial charge < -0.3 is 4.90 Å². The lowest BCUT2D eigenvalue weighted by Crippen LogP contribution is -2.33. The molecule has 0 amide bonds. The van der Waals surface area contributed by atoms with Crippen molar-refractivity contribution in [2.45, 2.75) is 19.4 Å². The molecule has 90 valence electrons. The van der Waals surface area contributed by atoms with E-state index >= 15 is 0 Å². The van der Waals surface area contributed by atoms with E-state index in [9.17, 15) is 4.79 Å². The summed E-state index contributed by atoms with van der Waals surface area (Å²) in [6, 6.07) is 11.9. The Labute approximate surface area is 106 Å². The molecular weight excluding hydrogens is 224 g/mol. The van der Waals surface area contributed by atoms with Crippen molar-refractivity contribution in [2.24, 2.45) is 0 Å². The van der Waals surface area contributed by atoms with Crippen LogP contribution in [0.3, 0.4) is 0 Å². The van der Waals surface area contributed by atoms with Crippen molar-refractivity contribution in [3.05, 3.63) is 54.4 Å². The Bertz CT molecular complexity index is 580. The quantitative estimate of drug-likeness (QED) is 0.806. The number of aromatic nitrogens is 1. The molecule has 0 aliphatic carbocycles. The number of nitrogens with zero attached hydrogens (tertiary/aromatic N) is 2. The van der Waals surface area contributed by atoms with Crippen molar-refractivity contribution in [1.82, 2.24) is 4.98 Å². The Morgan fingerprint density at radius 1 is 1.28 bits per heavy atom. The minimum absolute atomic E-state index is 0.105. The van der Waals surface area contributed by atoms with Crippen LogP contribution in [0.25, 0.3) is 0 Å². The zero-order valence-corrected chi connectivity index (χ0v) is 10.2. The van der Waals surface area contributed by atoms with E-state index in [-0.39, 0.29) is 11.8 Å². The zero-order chi connectivity index (χ0) is 12.5. The number of anilines is 2. The molecule has 0 saturated carbocycles. The summed E-state index contributed by atoms with van der Waals surface area (Å²) >= 11 is 0. The van der Waals surface area contributed by atoms with Crippen molar-refractivity contribution in [1.29, 1.82) is 0 Å². The number of carbonyl (C=O) groups is 1. The molecular formula is C15H14N2O. The van der Waals surface area contributed by atoms with E-state index in [2.05, 4.69) is 22.0 Å². The van der Waals surface area contributed by atoms with Crippen molar-refractivity contribution >= 4 is 17.2 Å². The van der Waals surface area contributed by atoms with Crippen LogP contribution < -0.4 is 4.90 Å². The maximum Gasteiger partial charge on any atom is 0.152 e. The lowest BCUT2D eigenvalue weighted by Gasteiger charge is -2.25. The minimum Gasteiger partial charge on any atom is -0.329 e. The Balaban J connectivity index is 2.11. The summed E-state index contributed by atoms with van der Waals surface area (Å²) in [6.07, 6.45) is 4.33. The molecule has 2 heterocycles. The number of carbonyl (C=O) groups excluding carboxylic acids is 1. The number of pyridine rings is 1. The second kappa shape index (κ2) is 4.26. The van der Waals surface area contributed by atoms with Gasteiger partial charge in [0.1, 0.15) is 0 Å². The molecule has 0 radical (unpaired) electrons. The minimum atomic E-state index is -0.105. The van der Waals surface area contributed by atoms with Gasteiger partial charge in [-0.2, -0.15) is 0 Å². The molecule has 1 aromatic heterocycles. The molecule has 1 unspecified atom stereocenters. The highest BCUT2D eigenvalue weighted by Crippen LogP contribution is 2.37. The monoisotopic (exact) mass is 238 g/mol. The first-order chi connectivity index (χ1) is 8.77.